The van der Waals surface area contributed by atoms with Crippen LogP contribution in [0.3, 0.4) is 0 Å². The van der Waals surface area contributed by atoms with E-state index in [2.05, 4.69) is 4.74 Å². The standard InChI is InChI=1S/C7H6O5.Bi/c8-3-12-4-1-5(9)7(11)6(10)2-4;/h1-3,9-11H;/q;+2/p-2. The van der Waals surface area contributed by atoms with Gasteiger partial charge < -0.3 is 0 Å². The summed E-state index contributed by atoms with van der Waals surface area (Å²) in [5.74, 6) is 0.997. The minimum absolute atomic E-state index is 0.0596. The molecule has 1 aliphatic rings. The molecular weight excluding hydrogens is 373 g/mol. The second-order valence-electron chi connectivity index (χ2n) is 2.24. The molecule has 13 heavy (non-hydrogen) atoms. The first-order valence-corrected chi connectivity index (χ1v) is 6.17. The molecule has 67 valence electrons. The summed E-state index contributed by atoms with van der Waals surface area (Å²) in [5.41, 5.74) is 0. The Hall–Kier alpha value is -1.03. The van der Waals surface area contributed by atoms with Gasteiger partial charge in [-0.05, 0) is 0 Å². The molecule has 1 radical (unpaired) electrons. The molecule has 0 aliphatic carbocycles. The summed E-state index contributed by atoms with van der Waals surface area (Å²) in [7, 11) is 0. The molecule has 0 bridgehead atoms. The van der Waals surface area contributed by atoms with Crippen molar-refractivity contribution in [1.29, 1.82) is 0 Å². The second-order valence-corrected chi connectivity index (χ2v) is 4.24. The number of fused-ring (bicyclic) bond motifs is 1. The van der Waals surface area contributed by atoms with Crippen molar-refractivity contribution in [1.82, 2.24) is 0 Å². The Kier molecular flexibility index (Phi) is 2.23. The topological polar surface area (TPSA) is 65.0 Å². The molecule has 0 saturated carbocycles. The van der Waals surface area contributed by atoms with E-state index >= 15 is 0 Å². The van der Waals surface area contributed by atoms with Gasteiger partial charge in [0.25, 0.3) is 0 Å². The first-order valence-electron chi connectivity index (χ1n) is 3.33. The number of benzene rings is 1. The summed E-state index contributed by atoms with van der Waals surface area (Å²) in [6.07, 6.45) is 0. The van der Waals surface area contributed by atoms with E-state index in [0.29, 0.717) is 11.5 Å². The van der Waals surface area contributed by atoms with Crippen LogP contribution in [-0.4, -0.2) is 35.7 Å². The van der Waals surface area contributed by atoms with E-state index in [-0.39, 0.29) is 18.0 Å². The number of hydrogen-bond acceptors (Lipinski definition) is 5. The number of carbonyl (C=O) groups is 1. The fourth-order valence-electron chi connectivity index (χ4n) is 0.942. The molecule has 6 heteroatoms. The van der Waals surface area contributed by atoms with Gasteiger partial charge in [-0.1, -0.05) is 0 Å². The van der Waals surface area contributed by atoms with Crippen LogP contribution in [0.25, 0.3) is 0 Å². The van der Waals surface area contributed by atoms with Crippen LogP contribution in [0.15, 0.2) is 12.1 Å². The van der Waals surface area contributed by atoms with Gasteiger partial charge in [0.1, 0.15) is 0 Å². The molecular formula is C7H4BiO5. The molecule has 1 aromatic carbocycles. The van der Waals surface area contributed by atoms with E-state index in [1.54, 1.807) is 0 Å². The Morgan fingerprint density at radius 2 is 2.31 bits per heavy atom. The van der Waals surface area contributed by atoms with Gasteiger partial charge in [0.2, 0.25) is 0 Å². The van der Waals surface area contributed by atoms with Gasteiger partial charge in [0, 0.05) is 0 Å². The molecule has 1 heterocycles. The van der Waals surface area contributed by atoms with Gasteiger partial charge in [0.05, 0.1) is 0 Å². The summed E-state index contributed by atoms with van der Waals surface area (Å²) in [5, 5.41) is 9.37. The summed E-state index contributed by atoms with van der Waals surface area (Å²) in [6, 6.07) is 2.82. The minimum atomic E-state index is -1.40. The summed E-state index contributed by atoms with van der Waals surface area (Å²) < 4.78 is 14.9. The van der Waals surface area contributed by atoms with Crippen molar-refractivity contribution in [2.75, 3.05) is 0 Å². The van der Waals surface area contributed by atoms with E-state index in [1.807, 2.05) is 0 Å². The van der Waals surface area contributed by atoms with Crippen LogP contribution in [0, 0.1) is 0 Å². The first kappa shape index (κ1) is 8.57. The van der Waals surface area contributed by atoms with Crippen LogP contribution >= 0.6 is 0 Å². The number of rotatable bonds is 2. The van der Waals surface area contributed by atoms with Crippen LogP contribution < -0.4 is 10.4 Å². The zero-order chi connectivity index (χ0) is 9.26. The van der Waals surface area contributed by atoms with E-state index in [4.69, 9.17) is 5.63 Å². The molecule has 0 spiro atoms. The molecule has 1 aliphatic heterocycles. The summed E-state index contributed by atoms with van der Waals surface area (Å²) in [4.78, 5) is 10.0. The number of carbonyl (C=O) groups excluding carboxylic acids is 1. The van der Waals surface area contributed by atoms with Crippen molar-refractivity contribution in [2.45, 2.75) is 0 Å². The van der Waals surface area contributed by atoms with Crippen molar-refractivity contribution in [3.63, 3.8) is 0 Å². The molecule has 0 unspecified atom stereocenters. The third-order valence-electron chi connectivity index (χ3n) is 1.46. The average molecular weight is 377 g/mol. The Balaban J connectivity index is 2.43. The van der Waals surface area contributed by atoms with Gasteiger partial charge in [-0.2, -0.15) is 0 Å². The number of phenols is 1. The Bertz CT molecular complexity index is 351. The normalized spacial score (nSPS) is 12.6. The molecule has 5 nitrogen and oxygen atoms in total. The molecule has 0 fully saturated rings. The van der Waals surface area contributed by atoms with Gasteiger partial charge in [-0.15, -0.1) is 0 Å². The maximum absolute atomic E-state index is 10.0. The summed E-state index contributed by atoms with van der Waals surface area (Å²) >= 11 is -1.40. The van der Waals surface area contributed by atoms with E-state index in [1.165, 1.54) is 12.1 Å². The predicted octanol–water partition coefficient (Wildman–Crippen LogP) is 0.233. The van der Waals surface area contributed by atoms with Gasteiger partial charge in [-0.3, -0.25) is 0 Å². The van der Waals surface area contributed by atoms with Gasteiger partial charge in [-0.25, -0.2) is 0 Å². The molecule has 0 atom stereocenters. The van der Waals surface area contributed by atoms with Crippen LogP contribution in [0.5, 0.6) is 23.0 Å². The third-order valence-corrected chi connectivity index (χ3v) is 3.51. The number of hydrogen-bond donors (Lipinski definition) is 1. The second kappa shape index (κ2) is 3.38. The van der Waals surface area contributed by atoms with E-state index in [9.17, 15) is 9.90 Å². The number of ether oxygens (including phenoxy) is 1. The van der Waals surface area contributed by atoms with Gasteiger partial charge in [0.15, 0.2) is 0 Å². The zero-order valence-corrected chi connectivity index (χ0v) is 9.74. The fraction of sp³-hybridized carbons (Fsp3) is 0. The maximum atomic E-state index is 10.0. The number of phenolic OH excluding ortho intramolecular Hbond substituents is 1. The average Bonchev–Trinajstić information content (AvgIpc) is 2.53. The Labute approximate surface area is 86.0 Å². The fourth-order valence-corrected chi connectivity index (χ4v) is 2.93. The molecule has 0 aromatic heterocycles. The Morgan fingerprint density at radius 1 is 1.46 bits per heavy atom. The van der Waals surface area contributed by atoms with Crippen molar-refractivity contribution in [3.8, 4) is 23.0 Å². The van der Waals surface area contributed by atoms with Crippen molar-refractivity contribution in [3.05, 3.63) is 12.1 Å². The molecule has 0 amide bonds. The molecule has 1 N–H and O–H groups in total. The van der Waals surface area contributed by atoms with Crippen molar-refractivity contribution >= 4 is 30.6 Å². The molecule has 1 aromatic rings. The predicted molar refractivity (Wildman–Crippen MR) is 41.8 cm³/mol. The van der Waals surface area contributed by atoms with Crippen LogP contribution in [0.2, 0.25) is 0 Å². The zero-order valence-electron chi connectivity index (χ0n) is 6.26. The quantitative estimate of drug-likeness (QED) is 0.591. The number of aromatic hydroxyl groups is 1. The van der Waals surface area contributed by atoms with Crippen molar-refractivity contribution in [2.24, 2.45) is 0 Å². The van der Waals surface area contributed by atoms with Crippen LogP contribution in [0.1, 0.15) is 0 Å². The van der Waals surface area contributed by atoms with E-state index < -0.39 is 24.1 Å². The van der Waals surface area contributed by atoms with Crippen LogP contribution in [-0.2, 0) is 4.79 Å². The van der Waals surface area contributed by atoms with E-state index in [0.717, 1.165) is 0 Å². The van der Waals surface area contributed by atoms with Crippen LogP contribution in [0.4, 0.5) is 0 Å². The molecule has 0 saturated heterocycles. The Morgan fingerprint density at radius 3 is 3.08 bits per heavy atom. The van der Waals surface area contributed by atoms with Gasteiger partial charge >= 0.3 is 86.0 Å². The monoisotopic (exact) mass is 377 g/mol. The van der Waals surface area contributed by atoms with Crippen molar-refractivity contribution < 1.29 is 20.3 Å². The SMILES string of the molecule is O=COc1cc(O)c2c(c1)[O][Bi][O]2. The summed E-state index contributed by atoms with van der Waals surface area (Å²) in [6.45, 7) is 0.290. The third kappa shape index (κ3) is 1.54. The molecule has 2 rings (SSSR count). The first-order chi connectivity index (χ1) is 6.31.